The van der Waals surface area contributed by atoms with Crippen molar-refractivity contribution in [3.05, 3.63) is 59.3 Å². The number of hydrogen-bond donors (Lipinski definition) is 3. The lowest BCUT2D eigenvalue weighted by molar-refractivity contribution is 0.0963. The average Bonchev–Trinajstić information content (AvgIpc) is 2.82. The first kappa shape index (κ1) is 25.9. The van der Waals surface area contributed by atoms with E-state index in [2.05, 4.69) is 25.9 Å². The highest BCUT2D eigenvalue weighted by Gasteiger charge is 2.15. The van der Waals surface area contributed by atoms with Gasteiger partial charge in [-0.05, 0) is 55.4 Å². The number of pyridine rings is 1. The molecule has 0 saturated heterocycles. The molecule has 0 spiro atoms. The van der Waals surface area contributed by atoms with Crippen molar-refractivity contribution < 1.29 is 9.53 Å². The summed E-state index contributed by atoms with van der Waals surface area (Å²) in [5, 5.41) is 9.27. The van der Waals surface area contributed by atoms with Crippen molar-refractivity contribution >= 4 is 35.8 Å². The third-order valence-electron chi connectivity index (χ3n) is 5.44. The van der Waals surface area contributed by atoms with E-state index in [1.54, 1.807) is 14.1 Å². The molecule has 8 heteroatoms. The van der Waals surface area contributed by atoms with Crippen LogP contribution < -0.4 is 20.7 Å². The van der Waals surface area contributed by atoms with E-state index >= 15 is 0 Å². The van der Waals surface area contributed by atoms with Gasteiger partial charge in [0.05, 0.1) is 0 Å². The van der Waals surface area contributed by atoms with Crippen LogP contribution in [-0.2, 0) is 13.0 Å². The number of hydrogen-bond acceptors (Lipinski definition) is 4. The highest BCUT2D eigenvalue weighted by atomic mass is 127. The van der Waals surface area contributed by atoms with Gasteiger partial charge in [-0.15, -0.1) is 24.0 Å². The molecule has 2 aromatic rings. The van der Waals surface area contributed by atoms with E-state index in [9.17, 15) is 4.79 Å². The Kier molecular flexibility index (Phi) is 11.3. The summed E-state index contributed by atoms with van der Waals surface area (Å²) in [5.74, 6) is 1.36. The summed E-state index contributed by atoms with van der Waals surface area (Å²) in [6, 6.07) is 11.6. The van der Waals surface area contributed by atoms with Gasteiger partial charge >= 0.3 is 0 Å². The Hall–Kier alpha value is -2.36. The Bertz CT molecular complexity index is 867. The number of aromatic nitrogens is 1. The number of rotatable bonds is 8. The second-order valence-electron chi connectivity index (χ2n) is 7.76. The third kappa shape index (κ3) is 8.29. The third-order valence-corrected chi connectivity index (χ3v) is 5.44. The maximum Gasteiger partial charge on any atom is 0.251 e. The van der Waals surface area contributed by atoms with E-state index in [1.807, 2.05) is 42.6 Å². The van der Waals surface area contributed by atoms with E-state index in [-0.39, 0.29) is 29.9 Å². The Morgan fingerprint density at radius 2 is 1.94 bits per heavy atom. The Labute approximate surface area is 207 Å². The highest BCUT2D eigenvalue weighted by molar-refractivity contribution is 14.0. The summed E-state index contributed by atoms with van der Waals surface area (Å²) < 4.78 is 5.99. The molecule has 0 aliphatic heterocycles. The van der Waals surface area contributed by atoms with Gasteiger partial charge in [0.2, 0.25) is 5.88 Å². The number of nitrogens with one attached hydrogen (secondary N) is 3. The molecular weight excluding hydrogens is 517 g/mol. The highest BCUT2D eigenvalue weighted by Crippen LogP contribution is 2.22. The topological polar surface area (TPSA) is 87.6 Å². The standard InChI is InChI=1S/C24H33N5O2.HI/c1-25-23(30)20-8-6-7-18(15-20)13-14-27-24(26-2)29-17-19-11-12-22(28-16-19)31-21-9-4-3-5-10-21;/h6-8,11-12,15-16,21H,3-5,9-10,13-14,17H2,1-2H3,(H,25,30)(H2,26,27,29);1H. The summed E-state index contributed by atoms with van der Waals surface area (Å²) in [6.45, 7) is 1.34. The maximum absolute atomic E-state index is 11.8. The van der Waals surface area contributed by atoms with Gasteiger partial charge in [0.25, 0.3) is 5.91 Å². The molecule has 1 aliphatic rings. The van der Waals surface area contributed by atoms with Crippen LogP contribution in [0.4, 0.5) is 0 Å². The number of carbonyl (C=O) groups is 1. The van der Waals surface area contributed by atoms with Gasteiger partial charge in [-0.3, -0.25) is 9.79 Å². The molecule has 1 fully saturated rings. The zero-order chi connectivity index (χ0) is 21.9. The van der Waals surface area contributed by atoms with Gasteiger partial charge in [-0.1, -0.05) is 24.6 Å². The zero-order valence-corrected chi connectivity index (χ0v) is 21.2. The SMILES string of the molecule is CN=C(NCCc1cccc(C(=O)NC)c1)NCc1ccc(OC2CCCCC2)nc1.I. The van der Waals surface area contributed by atoms with Crippen molar-refractivity contribution in [1.82, 2.24) is 20.9 Å². The summed E-state index contributed by atoms with van der Waals surface area (Å²) in [6.07, 6.45) is 9.02. The minimum absolute atomic E-state index is 0. The van der Waals surface area contributed by atoms with Crippen molar-refractivity contribution in [2.45, 2.75) is 51.2 Å². The number of nitrogens with zero attached hydrogens (tertiary/aromatic N) is 2. The lowest BCUT2D eigenvalue weighted by atomic mass is 9.98. The van der Waals surface area contributed by atoms with Crippen molar-refractivity contribution in [3.63, 3.8) is 0 Å². The number of carbonyl (C=O) groups excluding carboxylic acids is 1. The van der Waals surface area contributed by atoms with Crippen LogP contribution in [0.1, 0.15) is 53.6 Å². The number of aliphatic imine (C=N–C) groups is 1. The van der Waals surface area contributed by atoms with Crippen LogP contribution in [0.5, 0.6) is 5.88 Å². The molecule has 0 unspecified atom stereocenters. The molecule has 1 aromatic heterocycles. The number of halogens is 1. The molecular formula is C24H34IN5O2. The Morgan fingerprint density at radius 3 is 2.62 bits per heavy atom. The predicted octanol–water partition coefficient (Wildman–Crippen LogP) is 3.68. The molecule has 1 amide bonds. The van der Waals surface area contributed by atoms with Gasteiger partial charge in [-0.25, -0.2) is 4.98 Å². The lowest BCUT2D eigenvalue weighted by Crippen LogP contribution is -2.37. The van der Waals surface area contributed by atoms with Gasteiger partial charge in [0, 0.05) is 45.0 Å². The van der Waals surface area contributed by atoms with E-state index in [0.717, 1.165) is 36.3 Å². The molecule has 1 heterocycles. The molecule has 7 nitrogen and oxygen atoms in total. The average molecular weight is 551 g/mol. The van der Waals surface area contributed by atoms with Crippen LogP contribution in [0.15, 0.2) is 47.6 Å². The van der Waals surface area contributed by atoms with Crippen LogP contribution in [-0.4, -0.2) is 43.6 Å². The molecule has 1 aliphatic carbocycles. The molecule has 0 atom stereocenters. The fourth-order valence-electron chi connectivity index (χ4n) is 3.68. The first-order valence-corrected chi connectivity index (χ1v) is 11.0. The quantitative estimate of drug-likeness (QED) is 0.265. The minimum atomic E-state index is -0.0731. The number of ether oxygens (including phenoxy) is 1. The molecule has 1 saturated carbocycles. The lowest BCUT2D eigenvalue weighted by Gasteiger charge is -2.22. The van der Waals surface area contributed by atoms with Gasteiger partial charge in [0.15, 0.2) is 5.96 Å². The zero-order valence-electron chi connectivity index (χ0n) is 18.9. The smallest absolute Gasteiger partial charge is 0.251 e. The molecule has 0 radical (unpaired) electrons. The number of guanidine groups is 1. The molecule has 32 heavy (non-hydrogen) atoms. The van der Waals surface area contributed by atoms with Crippen LogP contribution in [0, 0.1) is 0 Å². The van der Waals surface area contributed by atoms with E-state index in [0.29, 0.717) is 30.6 Å². The van der Waals surface area contributed by atoms with Crippen molar-refractivity contribution in [2.24, 2.45) is 4.99 Å². The van der Waals surface area contributed by atoms with Crippen LogP contribution in [0.3, 0.4) is 0 Å². The largest absolute Gasteiger partial charge is 0.474 e. The molecule has 174 valence electrons. The van der Waals surface area contributed by atoms with Crippen molar-refractivity contribution in [3.8, 4) is 5.88 Å². The first-order valence-electron chi connectivity index (χ1n) is 11.0. The van der Waals surface area contributed by atoms with E-state index < -0.39 is 0 Å². The minimum Gasteiger partial charge on any atom is -0.474 e. The van der Waals surface area contributed by atoms with E-state index in [1.165, 1.54) is 19.3 Å². The fourth-order valence-corrected chi connectivity index (χ4v) is 3.68. The number of benzene rings is 1. The van der Waals surface area contributed by atoms with Crippen molar-refractivity contribution in [2.75, 3.05) is 20.6 Å². The molecule has 1 aromatic carbocycles. The maximum atomic E-state index is 11.8. The van der Waals surface area contributed by atoms with Gasteiger partial charge in [-0.2, -0.15) is 0 Å². The molecule has 3 N–H and O–H groups in total. The Morgan fingerprint density at radius 1 is 1.12 bits per heavy atom. The van der Waals surface area contributed by atoms with Crippen LogP contribution >= 0.6 is 24.0 Å². The summed E-state index contributed by atoms with van der Waals surface area (Å²) in [4.78, 5) is 20.5. The second kappa shape index (κ2) is 13.9. The monoisotopic (exact) mass is 551 g/mol. The second-order valence-corrected chi connectivity index (χ2v) is 7.76. The van der Waals surface area contributed by atoms with Gasteiger partial charge < -0.3 is 20.7 Å². The normalized spacial score (nSPS) is 14.2. The summed E-state index contributed by atoms with van der Waals surface area (Å²) >= 11 is 0. The fraction of sp³-hybridized carbons (Fsp3) is 0.458. The number of amides is 1. The van der Waals surface area contributed by atoms with E-state index in [4.69, 9.17) is 4.74 Å². The summed E-state index contributed by atoms with van der Waals surface area (Å²) in [7, 11) is 3.39. The molecule has 3 rings (SSSR count). The van der Waals surface area contributed by atoms with Crippen molar-refractivity contribution in [1.29, 1.82) is 0 Å². The first-order chi connectivity index (χ1) is 15.2. The Balaban J connectivity index is 0.00000363. The molecule has 0 bridgehead atoms. The van der Waals surface area contributed by atoms with Gasteiger partial charge in [0.1, 0.15) is 6.10 Å². The predicted molar refractivity (Wildman–Crippen MR) is 139 cm³/mol. The van der Waals surface area contributed by atoms with Crippen LogP contribution in [0.2, 0.25) is 0 Å². The van der Waals surface area contributed by atoms with Crippen LogP contribution in [0.25, 0.3) is 0 Å². The summed E-state index contributed by atoms with van der Waals surface area (Å²) in [5.41, 5.74) is 2.84.